The van der Waals surface area contributed by atoms with E-state index in [1.807, 2.05) is 36.4 Å². The molecular formula is C29H32FN9O2S. The van der Waals surface area contributed by atoms with E-state index in [1.54, 1.807) is 17.0 Å². The van der Waals surface area contributed by atoms with Gasteiger partial charge in [-0.05, 0) is 37.6 Å². The van der Waals surface area contributed by atoms with Crippen molar-refractivity contribution in [3.63, 3.8) is 0 Å². The summed E-state index contributed by atoms with van der Waals surface area (Å²) < 4.78 is 15.4. The number of halogens is 1. The van der Waals surface area contributed by atoms with E-state index in [-0.39, 0.29) is 11.7 Å². The first-order chi connectivity index (χ1) is 20.2. The van der Waals surface area contributed by atoms with Crippen molar-refractivity contribution in [1.29, 1.82) is 5.26 Å². The van der Waals surface area contributed by atoms with Crippen molar-refractivity contribution in [3.8, 4) is 17.3 Å². The number of β-amino-alcohol motifs (C(OH)–C–C–N with tert-alkyl or cyclic N) is 1. The van der Waals surface area contributed by atoms with Gasteiger partial charge in [0.2, 0.25) is 5.91 Å². The highest BCUT2D eigenvalue weighted by molar-refractivity contribution is 7.16. The predicted octanol–water partition coefficient (Wildman–Crippen LogP) is 2.83. The van der Waals surface area contributed by atoms with E-state index in [9.17, 15) is 19.6 Å². The van der Waals surface area contributed by atoms with Crippen LogP contribution >= 0.6 is 11.3 Å². The first kappa shape index (κ1) is 28.0. The quantitative estimate of drug-likeness (QED) is 0.347. The minimum atomic E-state index is -0.392. The number of fused-ring (bicyclic) bond motifs is 1. The van der Waals surface area contributed by atoms with Crippen molar-refractivity contribution < 1.29 is 14.3 Å². The molecule has 4 aromatic rings. The number of amides is 1. The summed E-state index contributed by atoms with van der Waals surface area (Å²) in [5, 5.41) is 24.8. The number of piperazine rings is 1. The normalized spacial score (nSPS) is 16.1. The number of thiazole rings is 1. The van der Waals surface area contributed by atoms with Gasteiger partial charge < -0.3 is 19.8 Å². The molecule has 2 aliphatic heterocycles. The average Bonchev–Trinajstić information content (AvgIpc) is 3.58. The fourth-order valence-corrected chi connectivity index (χ4v) is 6.29. The summed E-state index contributed by atoms with van der Waals surface area (Å²) in [5.41, 5.74) is 4.54. The van der Waals surface area contributed by atoms with E-state index in [1.165, 1.54) is 23.5 Å². The molecule has 11 nitrogen and oxygen atoms in total. The van der Waals surface area contributed by atoms with Gasteiger partial charge in [-0.1, -0.05) is 18.3 Å². The number of likely N-dealkylation sites (tertiary alicyclic amines) is 1. The number of benzene rings is 1. The molecule has 0 atom stereocenters. The number of aryl methyl sites for hydroxylation is 2. The van der Waals surface area contributed by atoms with Gasteiger partial charge in [0.25, 0.3) is 0 Å². The Kier molecular flexibility index (Phi) is 7.53. The first-order valence-corrected chi connectivity index (χ1v) is 14.8. The number of anilines is 3. The first-order valence-electron chi connectivity index (χ1n) is 14.0. The number of nitrogens with zero attached hydrogens (tertiary/aromatic N) is 9. The molecule has 1 N–H and O–H groups in total. The minimum absolute atomic E-state index is 0.0625. The lowest BCUT2D eigenvalue weighted by molar-refractivity contribution is -0.142. The van der Waals surface area contributed by atoms with Gasteiger partial charge in [0.05, 0.1) is 18.3 Å². The largest absolute Gasteiger partial charge is 0.389 e. The number of carbonyl (C=O) groups excluding carboxylic acids is 1. The van der Waals surface area contributed by atoms with Crippen LogP contribution in [0.2, 0.25) is 0 Å². The lowest BCUT2D eigenvalue weighted by Crippen LogP contribution is -2.57. The van der Waals surface area contributed by atoms with E-state index in [0.717, 1.165) is 49.1 Å². The summed E-state index contributed by atoms with van der Waals surface area (Å²) in [7, 11) is 1.90. The van der Waals surface area contributed by atoms with Gasteiger partial charge in [-0.2, -0.15) is 10.4 Å². The van der Waals surface area contributed by atoms with Gasteiger partial charge in [-0.3, -0.25) is 9.69 Å². The molecule has 3 aromatic heterocycles. The van der Waals surface area contributed by atoms with E-state index in [0.29, 0.717) is 53.0 Å². The zero-order chi connectivity index (χ0) is 29.5. The molecule has 5 heterocycles. The molecular weight excluding hydrogens is 557 g/mol. The molecule has 0 bridgehead atoms. The molecule has 0 saturated carbocycles. The summed E-state index contributed by atoms with van der Waals surface area (Å²) in [6.45, 7) is 8.21. The van der Waals surface area contributed by atoms with Crippen LogP contribution in [0.4, 0.5) is 21.0 Å². The Bertz CT molecular complexity index is 1670. The van der Waals surface area contributed by atoms with Crippen molar-refractivity contribution in [2.75, 3.05) is 62.7 Å². The van der Waals surface area contributed by atoms with Crippen molar-refractivity contribution >= 4 is 39.5 Å². The smallest absolute Gasteiger partial charge is 0.236 e. The van der Waals surface area contributed by atoms with Crippen LogP contribution in [0, 0.1) is 24.1 Å². The highest BCUT2D eigenvalue weighted by Gasteiger charge is 2.31. The molecule has 0 unspecified atom stereocenters. The second-order valence-corrected chi connectivity index (χ2v) is 11.7. The molecule has 0 spiro atoms. The molecule has 6 rings (SSSR count). The van der Waals surface area contributed by atoms with Crippen LogP contribution in [0.15, 0.2) is 30.3 Å². The molecule has 1 amide bonds. The molecule has 42 heavy (non-hydrogen) atoms. The maximum Gasteiger partial charge on any atom is 0.236 e. The Morgan fingerprint density at radius 1 is 1.19 bits per heavy atom. The Morgan fingerprint density at radius 3 is 2.55 bits per heavy atom. The Labute approximate surface area is 247 Å². The van der Waals surface area contributed by atoms with Crippen molar-refractivity contribution in [2.45, 2.75) is 26.4 Å². The molecule has 2 fully saturated rings. The van der Waals surface area contributed by atoms with E-state index in [4.69, 9.17) is 15.1 Å². The Balaban J connectivity index is 1.27. The van der Waals surface area contributed by atoms with Crippen LogP contribution < -0.4 is 9.80 Å². The summed E-state index contributed by atoms with van der Waals surface area (Å²) in [4.78, 5) is 30.8. The van der Waals surface area contributed by atoms with Crippen LogP contribution in [-0.2, 0) is 11.2 Å². The predicted molar refractivity (Wildman–Crippen MR) is 159 cm³/mol. The molecule has 2 aliphatic rings. The highest BCUT2D eigenvalue weighted by atomic mass is 32.1. The third kappa shape index (κ3) is 5.17. The van der Waals surface area contributed by atoms with E-state index < -0.39 is 6.10 Å². The van der Waals surface area contributed by atoms with Gasteiger partial charge in [-0.25, -0.2) is 18.9 Å². The lowest BCUT2D eigenvalue weighted by Gasteiger charge is -2.39. The van der Waals surface area contributed by atoms with Gasteiger partial charge >= 0.3 is 0 Å². The molecule has 218 valence electrons. The number of aliphatic hydroxyl groups is 1. The zero-order valence-electron chi connectivity index (χ0n) is 23.8. The number of aliphatic hydroxyl groups excluding tert-OH is 1. The zero-order valence-corrected chi connectivity index (χ0v) is 24.6. The van der Waals surface area contributed by atoms with Crippen LogP contribution in [0.1, 0.15) is 23.2 Å². The number of nitriles is 1. The molecule has 13 heteroatoms. The lowest BCUT2D eigenvalue weighted by atomic mass is 10.1. The number of rotatable bonds is 7. The third-order valence-corrected chi connectivity index (χ3v) is 8.90. The van der Waals surface area contributed by atoms with Gasteiger partial charge in [0.15, 0.2) is 10.8 Å². The number of hydrogen-bond donors (Lipinski definition) is 1. The third-order valence-electron chi connectivity index (χ3n) is 7.86. The molecule has 2 saturated heterocycles. The SMILES string of the molecule is CCc1nn2c(C)cc(N3CCN(CC(=O)N4CC(O)C4)CC3)nc2c1N(C)c1nc(-c2ccc(F)cc2)c(C#N)s1. The number of hydrogen-bond acceptors (Lipinski definition) is 10. The van der Waals surface area contributed by atoms with Crippen LogP contribution in [0.25, 0.3) is 16.9 Å². The Morgan fingerprint density at radius 2 is 1.90 bits per heavy atom. The topological polar surface area (TPSA) is 117 Å². The summed E-state index contributed by atoms with van der Waals surface area (Å²) in [6.07, 6.45) is 0.288. The highest BCUT2D eigenvalue weighted by Crippen LogP contribution is 2.38. The number of aromatic nitrogens is 4. The van der Waals surface area contributed by atoms with Crippen molar-refractivity contribution in [3.05, 3.63) is 52.4 Å². The van der Waals surface area contributed by atoms with Crippen LogP contribution in [0.3, 0.4) is 0 Å². The molecule has 0 aliphatic carbocycles. The monoisotopic (exact) mass is 589 g/mol. The average molecular weight is 590 g/mol. The maximum atomic E-state index is 13.5. The standard InChI is InChI=1S/C29H32FN9O2S/c1-4-22-27(35(3)29-33-26(23(14-31)42-29)19-5-7-20(30)8-6-19)28-32-24(13-18(2)39(28)34-22)37-11-9-36(10-12-37)17-25(41)38-15-21(40)16-38/h5-8,13,21,40H,4,9-12,15-17H2,1-3H3. The Hall–Kier alpha value is -4.12. The summed E-state index contributed by atoms with van der Waals surface area (Å²) >= 11 is 1.28. The van der Waals surface area contributed by atoms with Crippen molar-refractivity contribution in [2.24, 2.45) is 0 Å². The minimum Gasteiger partial charge on any atom is -0.389 e. The second kappa shape index (κ2) is 11.3. The van der Waals surface area contributed by atoms with E-state index in [2.05, 4.69) is 15.9 Å². The van der Waals surface area contributed by atoms with Crippen molar-refractivity contribution in [1.82, 2.24) is 29.4 Å². The van der Waals surface area contributed by atoms with Gasteiger partial charge in [-0.15, -0.1) is 0 Å². The second-order valence-electron chi connectivity index (χ2n) is 10.7. The number of carbonyl (C=O) groups is 1. The van der Waals surface area contributed by atoms with Crippen LogP contribution in [0.5, 0.6) is 0 Å². The molecule has 1 aromatic carbocycles. The van der Waals surface area contributed by atoms with Gasteiger partial charge in [0, 0.05) is 63.6 Å². The van der Waals surface area contributed by atoms with E-state index >= 15 is 0 Å². The fourth-order valence-electron chi connectivity index (χ4n) is 5.44. The fraction of sp³-hybridized carbons (Fsp3) is 0.414. The van der Waals surface area contributed by atoms with Crippen LogP contribution in [-0.4, -0.2) is 99.4 Å². The molecule has 0 radical (unpaired) electrons. The summed E-state index contributed by atoms with van der Waals surface area (Å²) in [5.74, 6) is 0.564. The summed E-state index contributed by atoms with van der Waals surface area (Å²) in [6, 6.07) is 10.3. The van der Waals surface area contributed by atoms with Gasteiger partial charge in [0.1, 0.15) is 34.0 Å². The maximum absolute atomic E-state index is 13.5.